The van der Waals surface area contributed by atoms with Gasteiger partial charge in [0.1, 0.15) is 5.82 Å². The van der Waals surface area contributed by atoms with Crippen LogP contribution in [-0.2, 0) is 0 Å². The fourth-order valence-electron chi connectivity index (χ4n) is 0.679. The molecule has 1 aromatic heterocycles. The molecule has 13 heavy (non-hydrogen) atoms. The fraction of sp³-hybridized carbons (Fsp3) is 0. The maximum absolute atomic E-state index is 10.4. The Morgan fingerprint density at radius 1 is 1.46 bits per heavy atom. The Kier molecular flexibility index (Phi) is 2.80. The number of hydrogen-bond donors (Lipinski definition) is 3. The maximum atomic E-state index is 10.4. The standard InChI is InChI=1S/C7H9N5O/c1-5(11-6(8)13)12-7-9-3-2-4-10-7/h2-4H,1H2,(H3,8,11,13)(H,9,10,12). The molecule has 0 unspecified atom stereocenters. The molecule has 1 aromatic rings. The van der Waals surface area contributed by atoms with Gasteiger partial charge in [-0.2, -0.15) is 0 Å². The van der Waals surface area contributed by atoms with Crippen molar-refractivity contribution in [1.29, 1.82) is 0 Å². The largest absolute Gasteiger partial charge is 0.351 e. The van der Waals surface area contributed by atoms with Crippen molar-refractivity contribution in [2.45, 2.75) is 0 Å². The Hall–Kier alpha value is -2.11. The van der Waals surface area contributed by atoms with Gasteiger partial charge in [-0.15, -0.1) is 0 Å². The van der Waals surface area contributed by atoms with Gasteiger partial charge in [-0.1, -0.05) is 6.58 Å². The Balaban J connectivity index is 2.50. The first-order chi connectivity index (χ1) is 6.18. The Labute approximate surface area is 74.9 Å². The minimum atomic E-state index is -0.687. The molecule has 0 aliphatic heterocycles. The number of nitrogens with zero attached hydrogens (tertiary/aromatic N) is 2. The zero-order chi connectivity index (χ0) is 9.68. The summed E-state index contributed by atoms with van der Waals surface area (Å²) in [6.45, 7) is 3.49. The molecule has 6 heteroatoms. The molecule has 0 atom stereocenters. The quantitative estimate of drug-likeness (QED) is 0.610. The van der Waals surface area contributed by atoms with E-state index in [-0.39, 0.29) is 5.82 Å². The van der Waals surface area contributed by atoms with Crippen LogP contribution >= 0.6 is 0 Å². The summed E-state index contributed by atoms with van der Waals surface area (Å²) in [7, 11) is 0. The highest BCUT2D eigenvalue weighted by Crippen LogP contribution is 1.96. The number of carbonyl (C=O) groups is 1. The van der Waals surface area contributed by atoms with Crippen LogP contribution in [0, 0.1) is 0 Å². The van der Waals surface area contributed by atoms with Gasteiger partial charge in [-0.3, -0.25) is 5.32 Å². The van der Waals surface area contributed by atoms with Crippen LogP contribution in [0.5, 0.6) is 0 Å². The third kappa shape index (κ3) is 3.19. The number of nitrogens with one attached hydrogen (secondary N) is 2. The van der Waals surface area contributed by atoms with E-state index in [1.807, 2.05) is 0 Å². The summed E-state index contributed by atoms with van der Waals surface area (Å²) >= 11 is 0. The van der Waals surface area contributed by atoms with Crippen molar-refractivity contribution in [3.63, 3.8) is 0 Å². The Bertz CT molecular complexity index is 310. The molecule has 6 nitrogen and oxygen atoms in total. The van der Waals surface area contributed by atoms with E-state index in [0.29, 0.717) is 5.95 Å². The van der Waals surface area contributed by atoms with Gasteiger partial charge >= 0.3 is 6.03 Å². The van der Waals surface area contributed by atoms with Crippen molar-refractivity contribution in [3.05, 3.63) is 30.9 Å². The number of urea groups is 1. The number of hydrogen-bond acceptors (Lipinski definition) is 4. The average Bonchev–Trinajstić information content (AvgIpc) is 2.04. The lowest BCUT2D eigenvalue weighted by atomic mass is 10.6. The van der Waals surface area contributed by atoms with Crippen molar-refractivity contribution >= 4 is 12.0 Å². The molecule has 0 aromatic carbocycles. The number of rotatable bonds is 3. The highest BCUT2D eigenvalue weighted by Gasteiger charge is 1.98. The van der Waals surface area contributed by atoms with Gasteiger partial charge in [0, 0.05) is 12.4 Å². The number of nitrogens with two attached hydrogens (primary N) is 1. The van der Waals surface area contributed by atoms with Gasteiger partial charge in [0.25, 0.3) is 0 Å². The normalized spacial score (nSPS) is 8.92. The SMILES string of the molecule is C=C(NC(N)=O)Nc1ncccn1. The first-order valence-corrected chi connectivity index (χ1v) is 3.48. The van der Waals surface area contributed by atoms with Crippen molar-refractivity contribution in [3.8, 4) is 0 Å². The smallest absolute Gasteiger partial charge is 0.317 e. The minimum Gasteiger partial charge on any atom is -0.351 e. The van der Waals surface area contributed by atoms with E-state index in [0.717, 1.165) is 0 Å². The number of anilines is 1. The third-order valence-electron chi connectivity index (χ3n) is 1.10. The van der Waals surface area contributed by atoms with Crippen LogP contribution in [0.2, 0.25) is 0 Å². The van der Waals surface area contributed by atoms with Gasteiger partial charge in [-0.05, 0) is 6.07 Å². The Morgan fingerprint density at radius 3 is 2.62 bits per heavy atom. The van der Waals surface area contributed by atoms with Crippen molar-refractivity contribution in [2.24, 2.45) is 5.73 Å². The number of aromatic nitrogens is 2. The number of primary amides is 1. The second-order valence-corrected chi connectivity index (χ2v) is 2.17. The zero-order valence-electron chi connectivity index (χ0n) is 6.82. The van der Waals surface area contributed by atoms with Gasteiger partial charge in [0.15, 0.2) is 0 Å². The fourth-order valence-corrected chi connectivity index (χ4v) is 0.679. The lowest BCUT2D eigenvalue weighted by molar-refractivity contribution is 0.251. The summed E-state index contributed by atoms with van der Waals surface area (Å²) in [6.07, 6.45) is 3.12. The molecule has 68 valence electrons. The van der Waals surface area contributed by atoms with Gasteiger partial charge in [0.05, 0.1) is 0 Å². The van der Waals surface area contributed by atoms with Crippen LogP contribution in [0.25, 0.3) is 0 Å². The molecule has 0 fully saturated rings. The van der Waals surface area contributed by atoms with Crippen LogP contribution in [0.15, 0.2) is 30.9 Å². The number of carbonyl (C=O) groups excluding carboxylic acids is 1. The molecule has 0 spiro atoms. The molecular weight excluding hydrogens is 170 g/mol. The van der Waals surface area contributed by atoms with Gasteiger partial charge < -0.3 is 11.1 Å². The maximum Gasteiger partial charge on any atom is 0.317 e. The monoisotopic (exact) mass is 179 g/mol. The summed E-state index contributed by atoms with van der Waals surface area (Å²) in [5, 5.41) is 4.89. The average molecular weight is 179 g/mol. The summed E-state index contributed by atoms with van der Waals surface area (Å²) in [4.78, 5) is 18.1. The molecular formula is C7H9N5O. The van der Waals surface area contributed by atoms with Gasteiger partial charge in [-0.25, -0.2) is 14.8 Å². The molecule has 0 saturated carbocycles. The minimum absolute atomic E-state index is 0.235. The lowest BCUT2D eigenvalue weighted by Gasteiger charge is -2.06. The Morgan fingerprint density at radius 2 is 2.08 bits per heavy atom. The molecule has 1 heterocycles. The van der Waals surface area contributed by atoms with Crippen LogP contribution < -0.4 is 16.4 Å². The van der Waals surface area contributed by atoms with E-state index in [1.54, 1.807) is 18.5 Å². The molecule has 0 saturated heterocycles. The van der Waals surface area contributed by atoms with Crippen molar-refractivity contribution in [1.82, 2.24) is 15.3 Å². The molecule has 4 N–H and O–H groups in total. The third-order valence-corrected chi connectivity index (χ3v) is 1.10. The summed E-state index contributed by atoms with van der Waals surface area (Å²) in [6, 6.07) is 0.989. The van der Waals surface area contributed by atoms with E-state index >= 15 is 0 Å². The number of amides is 2. The first kappa shape index (κ1) is 8.98. The zero-order valence-corrected chi connectivity index (χ0v) is 6.82. The van der Waals surface area contributed by atoms with Crippen molar-refractivity contribution in [2.75, 3.05) is 5.32 Å². The van der Waals surface area contributed by atoms with Crippen molar-refractivity contribution < 1.29 is 4.79 Å². The summed E-state index contributed by atoms with van der Waals surface area (Å²) in [5.74, 6) is 0.583. The van der Waals surface area contributed by atoms with E-state index in [1.165, 1.54) is 0 Å². The first-order valence-electron chi connectivity index (χ1n) is 3.48. The van der Waals surface area contributed by atoms with E-state index < -0.39 is 6.03 Å². The van der Waals surface area contributed by atoms with Crippen LogP contribution in [0.1, 0.15) is 0 Å². The predicted octanol–water partition coefficient (Wildman–Crippen LogP) is 0.0280. The second kappa shape index (κ2) is 4.05. The molecule has 0 bridgehead atoms. The van der Waals surface area contributed by atoms with Crippen LogP contribution in [0.4, 0.5) is 10.7 Å². The van der Waals surface area contributed by atoms with Crippen LogP contribution in [0.3, 0.4) is 0 Å². The summed E-state index contributed by atoms with van der Waals surface area (Å²) in [5.41, 5.74) is 4.86. The van der Waals surface area contributed by atoms with Crippen LogP contribution in [-0.4, -0.2) is 16.0 Å². The predicted molar refractivity (Wildman–Crippen MR) is 47.5 cm³/mol. The molecule has 1 rings (SSSR count). The topological polar surface area (TPSA) is 92.9 Å². The van der Waals surface area contributed by atoms with E-state index in [9.17, 15) is 4.79 Å². The van der Waals surface area contributed by atoms with E-state index in [2.05, 4.69) is 27.2 Å². The molecule has 0 aliphatic rings. The highest BCUT2D eigenvalue weighted by atomic mass is 16.2. The molecule has 0 aliphatic carbocycles. The lowest BCUT2D eigenvalue weighted by Crippen LogP contribution is -2.31. The molecule has 0 radical (unpaired) electrons. The molecule has 2 amide bonds. The van der Waals surface area contributed by atoms with E-state index in [4.69, 9.17) is 5.73 Å². The second-order valence-electron chi connectivity index (χ2n) is 2.17. The summed E-state index contributed by atoms with van der Waals surface area (Å²) < 4.78 is 0. The van der Waals surface area contributed by atoms with Gasteiger partial charge in [0.2, 0.25) is 5.95 Å². The highest BCUT2D eigenvalue weighted by molar-refractivity contribution is 5.74.